The Kier molecular flexibility index (Phi) is 2.39. The highest BCUT2D eigenvalue weighted by Gasteiger charge is 2.28. The summed E-state index contributed by atoms with van der Waals surface area (Å²) in [4.78, 5) is 11.5. The van der Waals surface area contributed by atoms with Gasteiger partial charge >= 0.3 is 0 Å². The highest BCUT2D eigenvalue weighted by Crippen LogP contribution is 2.35. The number of nitrogens with two attached hydrogens (primary N) is 1. The van der Waals surface area contributed by atoms with Crippen LogP contribution in [0.2, 0.25) is 5.02 Å². The zero-order chi connectivity index (χ0) is 12.9. The Morgan fingerprint density at radius 3 is 2.94 bits per heavy atom. The minimum absolute atomic E-state index is 0.213. The van der Waals surface area contributed by atoms with E-state index >= 15 is 0 Å². The van der Waals surface area contributed by atoms with Crippen LogP contribution in [0.25, 0.3) is 5.69 Å². The molecule has 0 fully saturated rings. The molecule has 18 heavy (non-hydrogen) atoms. The van der Waals surface area contributed by atoms with Crippen LogP contribution in [0.15, 0.2) is 24.5 Å². The third-order valence-electron chi connectivity index (χ3n) is 2.95. The molecule has 1 unspecified atom stereocenters. The van der Waals surface area contributed by atoms with E-state index in [1.807, 2.05) is 13.1 Å². The minimum atomic E-state index is -0.647. The number of nitrogens with one attached hydrogen (secondary N) is 1. The van der Waals surface area contributed by atoms with Crippen LogP contribution in [0, 0.1) is 6.92 Å². The molecular formula is C12H11ClN4O. The van der Waals surface area contributed by atoms with E-state index in [1.54, 1.807) is 23.0 Å². The van der Waals surface area contributed by atoms with Gasteiger partial charge in [-0.1, -0.05) is 11.6 Å². The second-order valence-electron chi connectivity index (χ2n) is 4.32. The number of halogens is 1. The van der Waals surface area contributed by atoms with Crippen molar-refractivity contribution >= 4 is 23.2 Å². The summed E-state index contributed by atoms with van der Waals surface area (Å²) in [5.74, 6) is -0.213. The quantitative estimate of drug-likeness (QED) is 0.823. The van der Waals surface area contributed by atoms with Crippen molar-refractivity contribution in [2.24, 2.45) is 5.73 Å². The van der Waals surface area contributed by atoms with Gasteiger partial charge in [0, 0.05) is 17.4 Å². The predicted octanol–water partition coefficient (Wildman–Crippen LogP) is 1.79. The smallest absolute Gasteiger partial charge is 0.245 e. The van der Waals surface area contributed by atoms with Crippen molar-refractivity contribution in [2.45, 2.75) is 13.0 Å². The first-order chi connectivity index (χ1) is 8.56. The van der Waals surface area contributed by atoms with E-state index in [0.29, 0.717) is 10.7 Å². The molecule has 5 nitrogen and oxygen atoms in total. The van der Waals surface area contributed by atoms with Crippen LogP contribution in [-0.4, -0.2) is 15.7 Å². The molecule has 0 spiro atoms. The second kappa shape index (κ2) is 3.83. The second-order valence-corrected chi connectivity index (χ2v) is 4.73. The van der Waals surface area contributed by atoms with E-state index in [0.717, 1.165) is 16.8 Å². The number of hydrogen-bond acceptors (Lipinski definition) is 3. The van der Waals surface area contributed by atoms with E-state index in [9.17, 15) is 4.79 Å². The number of carbonyl (C=O) groups is 1. The molecule has 1 aromatic heterocycles. The fourth-order valence-corrected chi connectivity index (χ4v) is 2.27. The van der Waals surface area contributed by atoms with Crippen LogP contribution in [0.4, 0.5) is 5.69 Å². The Bertz CT molecular complexity index is 650. The first-order valence-corrected chi connectivity index (χ1v) is 5.85. The van der Waals surface area contributed by atoms with Gasteiger partial charge in [0.15, 0.2) is 0 Å². The molecule has 1 aliphatic heterocycles. The first kappa shape index (κ1) is 11.3. The van der Waals surface area contributed by atoms with Gasteiger partial charge in [-0.15, -0.1) is 0 Å². The molecule has 1 aliphatic rings. The van der Waals surface area contributed by atoms with Crippen molar-refractivity contribution in [3.05, 3.63) is 40.7 Å². The van der Waals surface area contributed by atoms with E-state index in [4.69, 9.17) is 17.3 Å². The lowest BCUT2D eigenvalue weighted by atomic mass is 10.1. The van der Waals surface area contributed by atoms with E-state index in [2.05, 4.69) is 10.4 Å². The average molecular weight is 263 g/mol. The molecule has 0 radical (unpaired) electrons. The summed E-state index contributed by atoms with van der Waals surface area (Å²) in [6.07, 6.45) is 3.61. The van der Waals surface area contributed by atoms with Crippen molar-refractivity contribution < 1.29 is 4.79 Å². The van der Waals surface area contributed by atoms with Crippen molar-refractivity contribution in [1.82, 2.24) is 9.78 Å². The normalized spacial score (nSPS) is 17.7. The standard InChI is InChI=1S/C12H11ClN4O/c1-6-4-15-17(5-6)10-3-9-7(2-8(10)13)11(14)12(18)16-9/h2-5,11H,14H2,1H3,(H,16,18). The van der Waals surface area contributed by atoms with Crippen LogP contribution in [0.3, 0.4) is 0 Å². The first-order valence-electron chi connectivity index (χ1n) is 5.48. The summed E-state index contributed by atoms with van der Waals surface area (Å²) in [5.41, 5.74) is 8.93. The summed E-state index contributed by atoms with van der Waals surface area (Å²) < 4.78 is 1.67. The number of fused-ring (bicyclic) bond motifs is 1. The summed E-state index contributed by atoms with van der Waals surface area (Å²) >= 11 is 6.21. The van der Waals surface area contributed by atoms with Crippen molar-refractivity contribution in [1.29, 1.82) is 0 Å². The number of nitrogens with zero attached hydrogens (tertiary/aromatic N) is 2. The largest absolute Gasteiger partial charge is 0.324 e. The van der Waals surface area contributed by atoms with Gasteiger partial charge in [-0.25, -0.2) is 4.68 Å². The number of hydrogen-bond donors (Lipinski definition) is 2. The number of carbonyl (C=O) groups excluding carboxylic acids is 1. The number of aromatic nitrogens is 2. The van der Waals surface area contributed by atoms with Crippen molar-refractivity contribution in [3.8, 4) is 5.69 Å². The molecule has 1 amide bonds. The molecule has 6 heteroatoms. The van der Waals surface area contributed by atoms with Gasteiger partial charge < -0.3 is 11.1 Å². The van der Waals surface area contributed by atoms with Gasteiger partial charge in [0.05, 0.1) is 16.9 Å². The Balaban J connectivity index is 2.14. The van der Waals surface area contributed by atoms with Crippen LogP contribution in [0.1, 0.15) is 17.2 Å². The zero-order valence-electron chi connectivity index (χ0n) is 9.64. The SMILES string of the molecule is Cc1cnn(-c2cc3c(cc2Cl)C(N)C(=O)N3)c1. The summed E-state index contributed by atoms with van der Waals surface area (Å²) in [6.45, 7) is 1.95. The van der Waals surface area contributed by atoms with E-state index in [-0.39, 0.29) is 5.91 Å². The molecule has 1 atom stereocenters. The third kappa shape index (κ3) is 1.60. The van der Waals surface area contributed by atoms with Gasteiger partial charge in [0.25, 0.3) is 0 Å². The number of benzene rings is 1. The molecule has 3 rings (SSSR count). The van der Waals surface area contributed by atoms with Crippen molar-refractivity contribution in [2.75, 3.05) is 5.32 Å². The molecule has 2 aromatic rings. The highest BCUT2D eigenvalue weighted by molar-refractivity contribution is 6.32. The Labute approximate surface area is 109 Å². The van der Waals surface area contributed by atoms with Crippen molar-refractivity contribution in [3.63, 3.8) is 0 Å². The average Bonchev–Trinajstić information content (AvgIpc) is 2.86. The van der Waals surface area contributed by atoms with E-state index < -0.39 is 6.04 Å². The zero-order valence-corrected chi connectivity index (χ0v) is 10.4. The summed E-state index contributed by atoms with van der Waals surface area (Å²) in [6, 6.07) is 2.85. The third-order valence-corrected chi connectivity index (χ3v) is 3.26. The fourth-order valence-electron chi connectivity index (χ4n) is 2.01. The molecule has 1 aromatic carbocycles. The Hall–Kier alpha value is -1.85. The minimum Gasteiger partial charge on any atom is -0.324 e. The molecule has 2 heterocycles. The van der Waals surface area contributed by atoms with E-state index in [1.165, 1.54) is 0 Å². The van der Waals surface area contributed by atoms with Crippen LogP contribution < -0.4 is 11.1 Å². The molecule has 0 bridgehead atoms. The van der Waals surface area contributed by atoms with Gasteiger partial charge in [-0.05, 0) is 24.6 Å². The molecule has 0 aliphatic carbocycles. The lowest BCUT2D eigenvalue weighted by molar-refractivity contribution is -0.116. The van der Waals surface area contributed by atoms with Crippen LogP contribution in [-0.2, 0) is 4.79 Å². The van der Waals surface area contributed by atoms with Crippen LogP contribution >= 0.6 is 11.6 Å². The molecule has 0 saturated heterocycles. The summed E-state index contributed by atoms with van der Waals surface area (Å²) in [7, 11) is 0. The number of amides is 1. The topological polar surface area (TPSA) is 72.9 Å². The maximum Gasteiger partial charge on any atom is 0.245 e. The lowest BCUT2D eigenvalue weighted by Gasteiger charge is -2.08. The Morgan fingerprint density at radius 2 is 2.28 bits per heavy atom. The molecule has 92 valence electrons. The highest BCUT2D eigenvalue weighted by atomic mass is 35.5. The molecule has 3 N–H and O–H groups in total. The predicted molar refractivity (Wildman–Crippen MR) is 68.9 cm³/mol. The number of anilines is 1. The molecular weight excluding hydrogens is 252 g/mol. The summed E-state index contributed by atoms with van der Waals surface area (Å²) in [5, 5.41) is 7.44. The van der Waals surface area contributed by atoms with Gasteiger partial charge in [0.2, 0.25) is 5.91 Å². The maximum absolute atomic E-state index is 11.5. The number of rotatable bonds is 1. The molecule has 0 saturated carbocycles. The monoisotopic (exact) mass is 262 g/mol. The fraction of sp³-hybridized carbons (Fsp3) is 0.167. The van der Waals surface area contributed by atoms with Crippen LogP contribution in [0.5, 0.6) is 0 Å². The van der Waals surface area contributed by atoms with Gasteiger partial charge in [-0.3, -0.25) is 4.79 Å². The van der Waals surface area contributed by atoms with Gasteiger partial charge in [-0.2, -0.15) is 5.10 Å². The lowest BCUT2D eigenvalue weighted by Crippen LogP contribution is -2.19. The maximum atomic E-state index is 11.5. The Morgan fingerprint density at radius 1 is 1.50 bits per heavy atom. The number of aryl methyl sites for hydroxylation is 1. The van der Waals surface area contributed by atoms with Gasteiger partial charge in [0.1, 0.15) is 6.04 Å².